The summed E-state index contributed by atoms with van der Waals surface area (Å²) in [7, 11) is -0.339. The monoisotopic (exact) mass is 318 g/mol. The summed E-state index contributed by atoms with van der Waals surface area (Å²) in [5.74, 6) is 0. The topological polar surface area (TPSA) is 54.0 Å². The second-order valence-electron chi connectivity index (χ2n) is 8.29. The lowest BCUT2D eigenvalue weighted by Gasteiger charge is -2.32. The summed E-state index contributed by atoms with van der Waals surface area (Å²) in [5.41, 5.74) is 5.25. The molecule has 1 fully saturated rings. The molecule has 3 rings (SSSR count). The normalized spacial score (nSPS) is 23.0. The van der Waals surface area contributed by atoms with E-state index in [1.807, 2.05) is 24.9 Å². The summed E-state index contributed by atoms with van der Waals surface area (Å²) < 4.78 is 12.2. The number of hydrogen-bond acceptors (Lipinski definition) is 5. The molecule has 1 aromatic rings. The van der Waals surface area contributed by atoms with E-state index in [1.54, 1.807) is 0 Å². The highest BCUT2D eigenvalue weighted by Crippen LogP contribution is 2.37. The first-order valence-electron chi connectivity index (χ1n) is 8.19. The van der Waals surface area contributed by atoms with Crippen molar-refractivity contribution in [3.8, 4) is 0 Å². The number of aliphatic hydroxyl groups is 1. The zero-order chi connectivity index (χ0) is 17.0. The Morgan fingerprint density at radius 1 is 1.22 bits per heavy atom. The quantitative estimate of drug-likeness (QED) is 0.834. The number of nitrogens with zero attached hydrogens (tertiary/aromatic N) is 1. The Bertz CT molecular complexity index is 594. The summed E-state index contributed by atoms with van der Waals surface area (Å²) in [6.07, 6.45) is 0. The molecule has 6 heteroatoms. The van der Waals surface area contributed by atoms with Gasteiger partial charge in [0.25, 0.3) is 0 Å². The van der Waals surface area contributed by atoms with Gasteiger partial charge in [0.2, 0.25) is 0 Å². The van der Waals surface area contributed by atoms with Crippen molar-refractivity contribution >= 4 is 18.3 Å². The predicted octanol–water partition coefficient (Wildman–Crippen LogP) is 1.90. The van der Waals surface area contributed by atoms with Gasteiger partial charge in [-0.3, -0.25) is 0 Å². The number of rotatable bonds is 3. The fraction of sp³-hybridized carbons (Fsp3) is 0.647. The van der Waals surface area contributed by atoms with E-state index in [0.717, 1.165) is 17.7 Å². The van der Waals surface area contributed by atoms with Crippen molar-refractivity contribution in [3.05, 3.63) is 23.8 Å². The Hall–Kier alpha value is -1.08. The van der Waals surface area contributed by atoms with Crippen molar-refractivity contribution in [1.29, 1.82) is 0 Å². The van der Waals surface area contributed by atoms with E-state index in [0.29, 0.717) is 6.54 Å². The van der Waals surface area contributed by atoms with Gasteiger partial charge in [0.05, 0.1) is 22.5 Å². The van der Waals surface area contributed by atoms with Crippen LogP contribution < -0.4 is 10.9 Å². The van der Waals surface area contributed by atoms with Crippen LogP contribution in [0.2, 0.25) is 0 Å². The highest BCUT2D eigenvalue weighted by molar-refractivity contribution is 6.62. The molecule has 0 spiro atoms. The van der Waals surface area contributed by atoms with Gasteiger partial charge in [-0.15, -0.1) is 0 Å². The predicted molar refractivity (Wildman–Crippen MR) is 92.5 cm³/mol. The maximum atomic E-state index is 9.98. The van der Waals surface area contributed by atoms with Crippen LogP contribution in [0.25, 0.3) is 0 Å². The zero-order valence-electron chi connectivity index (χ0n) is 14.9. The summed E-state index contributed by atoms with van der Waals surface area (Å²) >= 11 is 0. The van der Waals surface area contributed by atoms with Gasteiger partial charge in [-0.1, -0.05) is 12.1 Å². The first-order valence-corrected chi connectivity index (χ1v) is 8.19. The van der Waals surface area contributed by atoms with E-state index in [4.69, 9.17) is 9.31 Å². The van der Waals surface area contributed by atoms with Gasteiger partial charge in [0, 0.05) is 13.1 Å². The third-order valence-electron chi connectivity index (χ3n) is 4.87. The van der Waals surface area contributed by atoms with Crippen molar-refractivity contribution in [3.63, 3.8) is 0 Å². The van der Waals surface area contributed by atoms with Gasteiger partial charge in [-0.05, 0) is 58.6 Å². The molecule has 0 aromatic heterocycles. The average molecular weight is 318 g/mol. The number of hydrogen-bond donors (Lipinski definition) is 2. The molecule has 126 valence electrons. The molecule has 0 amide bonds. The summed E-state index contributed by atoms with van der Waals surface area (Å²) in [6, 6.07) is 6.23. The van der Waals surface area contributed by atoms with E-state index in [2.05, 4.69) is 45.3 Å². The molecule has 5 nitrogen and oxygen atoms in total. The van der Waals surface area contributed by atoms with Crippen molar-refractivity contribution < 1.29 is 14.4 Å². The highest BCUT2D eigenvalue weighted by atomic mass is 16.7. The summed E-state index contributed by atoms with van der Waals surface area (Å²) in [5, 5.41) is 12.0. The fourth-order valence-electron chi connectivity index (χ4n) is 2.96. The Morgan fingerprint density at radius 3 is 2.39 bits per heavy atom. The smallest absolute Gasteiger partial charge is 0.399 e. The van der Waals surface area contributed by atoms with Crippen molar-refractivity contribution in [1.82, 2.24) is 5.01 Å². The number of anilines is 1. The summed E-state index contributed by atoms with van der Waals surface area (Å²) in [4.78, 5) is 0. The minimum Gasteiger partial charge on any atom is -0.399 e. The van der Waals surface area contributed by atoms with Crippen LogP contribution in [0.15, 0.2) is 18.2 Å². The Balaban J connectivity index is 1.76. The molecule has 2 heterocycles. The molecule has 23 heavy (non-hydrogen) atoms. The van der Waals surface area contributed by atoms with Gasteiger partial charge in [-0.25, -0.2) is 5.01 Å². The van der Waals surface area contributed by atoms with Crippen molar-refractivity contribution in [2.24, 2.45) is 0 Å². The molecule has 0 atom stereocenters. The van der Waals surface area contributed by atoms with Crippen molar-refractivity contribution in [2.45, 2.75) is 64.9 Å². The highest BCUT2D eigenvalue weighted by Gasteiger charge is 2.51. The Morgan fingerprint density at radius 2 is 1.83 bits per heavy atom. The minimum atomic E-state index is -0.733. The fourth-order valence-corrected chi connectivity index (χ4v) is 2.96. The lowest BCUT2D eigenvalue weighted by Crippen LogP contribution is -2.41. The standard InChI is InChI=1S/C17H27BN2O3/c1-15(2,21)11-20-10-12-9-13(7-8-14(12)19-20)18-22-16(3,4)17(5,6)23-18/h7-9,19,21H,10-11H2,1-6H3. The maximum Gasteiger partial charge on any atom is 0.494 e. The largest absolute Gasteiger partial charge is 0.494 e. The van der Waals surface area contributed by atoms with Crippen molar-refractivity contribution in [2.75, 3.05) is 12.0 Å². The van der Waals surface area contributed by atoms with Crippen LogP contribution in [0.3, 0.4) is 0 Å². The van der Waals surface area contributed by atoms with Gasteiger partial charge < -0.3 is 19.8 Å². The number of benzene rings is 1. The van der Waals surface area contributed by atoms with E-state index in [-0.39, 0.29) is 18.3 Å². The van der Waals surface area contributed by atoms with Crippen LogP contribution in [0.5, 0.6) is 0 Å². The van der Waals surface area contributed by atoms with Gasteiger partial charge >= 0.3 is 7.12 Å². The Labute approximate surface area is 139 Å². The molecular formula is C17H27BN2O3. The molecule has 0 unspecified atom stereocenters. The second-order valence-corrected chi connectivity index (χ2v) is 8.29. The lowest BCUT2D eigenvalue weighted by atomic mass is 9.78. The van der Waals surface area contributed by atoms with Crippen LogP contribution in [0, 0.1) is 0 Å². The molecule has 0 aliphatic carbocycles. The minimum absolute atomic E-state index is 0.331. The molecule has 0 bridgehead atoms. The molecule has 0 saturated carbocycles. The third kappa shape index (κ3) is 3.26. The molecular weight excluding hydrogens is 291 g/mol. The average Bonchev–Trinajstić information content (AvgIpc) is 2.84. The van der Waals surface area contributed by atoms with Crippen LogP contribution in [-0.2, 0) is 15.9 Å². The second kappa shape index (κ2) is 5.21. The molecule has 2 aliphatic heterocycles. The van der Waals surface area contributed by atoms with E-state index < -0.39 is 5.60 Å². The van der Waals surface area contributed by atoms with Crippen LogP contribution >= 0.6 is 0 Å². The number of nitrogens with one attached hydrogen (secondary N) is 1. The Kier molecular flexibility index (Phi) is 3.80. The molecule has 2 N–H and O–H groups in total. The van der Waals surface area contributed by atoms with Crippen LogP contribution in [-0.4, -0.2) is 40.6 Å². The van der Waals surface area contributed by atoms with E-state index >= 15 is 0 Å². The number of fused-ring (bicyclic) bond motifs is 1. The first-order chi connectivity index (χ1) is 10.5. The molecule has 1 saturated heterocycles. The van der Waals surface area contributed by atoms with Gasteiger partial charge in [-0.2, -0.15) is 0 Å². The van der Waals surface area contributed by atoms with Crippen LogP contribution in [0.4, 0.5) is 5.69 Å². The maximum absolute atomic E-state index is 9.98. The first kappa shape index (κ1) is 16.8. The number of hydrazine groups is 1. The third-order valence-corrected chi connectivity index (χ3v) is 4.87. The van der Waals surface area contributed by atoms with Gasteiger partial charge in [0.15, 0.2) is 0 Å². The van der Waals surface area contributed by atoms with E-state index in [9.17, 15) is 5.11 Å². The van der Waals surface area contributed by atoms with E-state index in [1.165, 1.54) is 5.56 Å². The summed E-state index contributed by atoms with van der Waals surface area (Å²) in [6.45, 7) is 13.2. The SMILES string of the molecule is CC(C)(O)CN1Cc2cc(B3OC(C)(C)C(C)(C)O3)ccc2N1. The van der Waals surface area contributed by atoms with Gasteiger partial charge in [0.1, 0.15) is 0 Å². The number of β-amino-alcohol motifs (C(OH)–C–C–N with tert-alkyl or cyclic N) is 1. The lowest BCUT2D eigenvalue weighted by molar-refractivity contribution is 0.00578. The zero-order valence-corrected chi connectivity index (χ0v) is 14.9. The van der Waals surface area contributed by atoms with Crippen LogP contribution in [0.1, 0.15) is 47.1 Å². The molecule has 2 aliphatic rings. The molecule has 1 aromatic carbocycles. The molecule has 0 radical (unpaired) electrons.